The van der Waals surface area contributed by atoms with E-state index in [1.54, 1.807) is 17.7 Å². The molecule has 1 saturated heterocycles. The fraction of sp³-hybridized carbons (Fsp3) is 0.500. The first kappa shape index (κ1) is 22.0. The average molecular weight is 461 g/mol. The number of piperidine rings is 1. The highest BCUT2D eigenvalue weighted by molar-refractivity contribution is 5.99. The van der Waals surface area contributed by atoms with Crippen molar-refractivity contribution in [3.05, 3.63) is 63.3 Å². The molecule has 6 nitrogen and oxygen atoms in total. The molecule has 1 amide bonds. The lowest BCUT2D eigenvalue weighted by molar-refractivity contribution is 0.0939. The number of carbonyl (C=O) groups excluding carboxylic acids is 1. The van der Waals surface area contributed by atoms with Crippen LogP contribution in [0.2, 0.25) is 0 Å². The predicted octanol–water partition coefficient (Wildman–Crippen LogP) is 3.72. The Hall–Kier alpha value is -2.81. The minimum absolute atomic E-state index is 0.00839. The molecule has 4 atom stereocenters. The number of anilines is 1. The molecule has 2 N–H and O–H groups in total. The van der Waals surface area contributed by atoms with Crippen molar-refractivity contribution < 1.29 is 18.0 Å². The fourth-order valence-electron chi connectivity index (χ4n) is 5.04. The molecule has 1 aromatic heterocycles. The third kappa shape index (κ3) is 4.14. The van der Waals surface area contributed by atoms with E-state index in [1.807, 2.05) is 0 Å². The van der Waals surface area contributed by atoms with Crippen LogP contribution in [-0.4, -0.2) is 41.6 Å². The van der Waals surface area contributed by atoms with Crippen molar-refractivity contribution in [2.45, 2.75) is 44.3 Å². The van der Waals surface area contributed by atoms with Gasteiger partial charge in [0.25, 0.3) is 17.9 Å². The molecule has 2 aromatic rings. The topological polar surface area (TPSA) is 66.4 Å². The molecule has 2 aliphatic carbocycles. The van der Waals surface area contributed by atoms with E-state index < -0.39 is 29.8 Å². The van der Waals surface area contributed by atoms with Gasteiger partial charge in [0.2, 0.25) is 0 Å². The first-order valence-corrected chi connectivity index (χ1v) is 11.3. The molecule has 0 radical (unpaired) electrons. The summed E-state index contributed by atoms with van der Waals surface area (Å²) in [4.78, 5) is 28.1. The second kappa shape index (κ2) is 8.20. The number of hydrogen-bond donors (Lipinski definition) is 2. The van der Waals surface area contributed by atoms with Gasteiger partial charge in [0.1, 0.15) is 5.82 Å². The minimum atomic E-state index is -2.94. The molecule has 0 spiro atoms. The van der Waals surface area contributed by atoms with E-state index in [1.165, 1.54) is 18.2 Å². The summed E-state index contributed by atoms with van der Waals surface area (Å²) in [5, 5.41) is 6.12. The van der Waals surface area contributed by atoms with E-state index in [2.05, 4.69) is 22.6 Å². The zero-order valence-electron chi connectivity index (χ0n) is 18.5. The number of fused-ring (bicyclic) bond motifs is 1. The summed E-state index contributed by atoms with van der Waals surface area (Å²) in [6.45, 7) is 3.50. The lowest BCUT2D eigenvalue weighted by atomic mass is 10.0. The van der Waals surface area contributed by atoms with Gasteiger partial charge in [-0.05, 0) is 38.6 Å². The second-order valence-electron chi connectivity index (χ2n) is 9.54. The van der Waals surface area contributed by atoms with Crippen molar-refractivity contribution in [2.75, 3.05) is 25.5 Å². The maximum Gasteiger partial charge on any atom is 0.266 e. The Bertz CT molecular complexity index is 1140. The second-order valence-corrected chi connectivity index (χ2v) is 9.54. The van der Waals surface area contributed by atoms with Gasteiger partial charge in [-0.15, -0.1) is 0 Å². The molecule has 1 aliphatic heterocycles. The number of halogens is 3. The Kier molecular flexibility index (Phi) is 5.47. The summed E-state index contributed by atoms with van der Waals surface area (Å²) in [5.41, 5.74) is -0.0971. The Morgan fingerprint density at radius 2 is 1.82 bits per heavy atom. The van der Waals surface area contributed by atoms with Crippen LogP contribution in [0.4, 0.5) is 18.9 Å². The molecule has 2 saturated carbocycles. The number of pyridine rings is 1. The van der Waals surface area contributed by atoms with Gasteiger partial charge in [0, 0.05) is 43.0 Å². The van der Waals surface area contributed by atoms with E-state index in [9.17, 15) is 22.8 Å². The maximum atomic E-state index is 14.6. The summed E-state index contributed by atoms with van der Waals surface area (Å²) >= 11 is 0. The Labute approximate surface area is 189 Å². The monoisotopic (exact) mass is 460 g/mol. The molecule has 2 heterocycles. The van der Waals surface area contributed by atoms with Crippen LogP contribution in [0, 0.1) is 17.7 Å². The van der Waals surface area contributed by atoms with Crippen molar-refractivity contribution in [1.82, 2.24) is 14.8 Å². The van der Waals surface area contributed by atoms with E-state index >= 15 is 0 Å². The van der Waals surface area contributed by atoms with E-state index in [-0.39, 0.29) is 23.2 Å². The summed E-state index contributed by atoms with van der Waals surface area (Å²) < 4.78 is 42.3. The molecular formula is C24H27F3N4O2. The van der Waals surface area contributed by atoms with Crippen LogP contribution in [0.3, 0.4) is 0 Å². The minimum Gasteiger partial charge on any atom is -0.381 e. The Balaban J connectivity index is 1.40. The molecular weight excluding hydrogens is 433 g/mol. The van der Waals surface area contributed by atoms with Crippen molar-refractivity contribution >= 4 is 11.6 Å². The van der Waals surface area contributed by atoms with Gasteiger partial charge in [-0.1, -0.05) is 18.2 Å². The van der Waals surface area contributed by atoms with E-state index in [0.29, 0.717) is 23.1 Å². The van der Waals surface area contributed by atoms with Gasteiger partial charge >= 0.3 is 0 Å². The normalized spacial score (nSPS) is 25.1. The van der Waals surface area contributed by atoms with Gasteiger partial charge in [-0.2, -0.15) is 0 Å². The van der Waals surface area contributed by atoms with Crippen molar-refractivity contribution in [2.24, 2.45) is 11.8 Å². The molecule has 1 aromatic carbocycles. The summed E-state index contributed by atoms with van der Waals surface area (Å²) in [6, 6.07) is 4.71. The lowest BCUT2D eigenvalue weighted by Gasteiger charge is -2.20. The van der Waals surface area contributed by atoms with Crippen molar-refractivity contribution in [1.29, 1.82) is 0 Å². The predicted molar refractivity (Wildman–Crippen MR) is 118 cm³/mol. The number of nitrogens with one attached hydrogen (secondary N) is 2. The van der Waals surface area contributed by atoms with Crippen LogP contribution < -0.4 is 16.2 Å². The molecule has 0 bridgehead atoms. The van der Waals surface area contributed by atoms with Crippen LogP contribution in [0.5, 0.6) is 0 Å². The fourth-order valence-corrected chi connectivity index (χ4v) is 5.04. The van der Waals surface area contributed by atoms with Crippen LogP contribution in [-0.2, 0) is 0 Å². The number of amides is 1. The van der Waals surface area contributed by atoms with Crippen LogP contribution in [0.1, 0.15) is 59.8 Å². The number of carbonyl (C=O) groups is 1. The van der Waals surface area contributed by atoms with Gasteiger partial charge in [0.15, 0.2) is 0 Å². The summed E-state index contributed by atoms with van der Waals surface area (Å²) in [5.74, 6) is -0.524. The Morgan fingerprint density at radius 1 is 1.15 bits per heavy atom. The molecule has 176 valence electrons. The number of hydrogen-bond acceptors (Lipinski definition) is 4. The quantitative estimate of drug-likeness (QED) is 0.661. The molecule has 3 aliphatic rings. The first-order valence-electron chi connectivity index (χ1n) is 11.3. The number of likely N-dealkylation sites (tertiary alicyclic amines) is 1. The zero-order chi connectivity index (χ0) is 23.4. The van der Waals surface area contributed by atoms with Crippen molar-refractivity contribution in [3.8, 4) is 0 Å². The standard InChI is InChI=1S/C24H27F3N4O2/c1-12(14-4-3-5-15(21(14)25)23(26)27)28-24(33)18-11-31(13-6-7-13)20(32)8-19(18)29-22-16-9-30(2)10-17(16)22/h3-5,8,11-13,16-17,22-23,29H,6-7,9-10H2,1-2H3,(H,28,33)/t12-,16-,17+,22+/m1/s1. The van der Waals surface area contributed by atoms with Crippen LogP contribution >= 0.6 is 0 Å². The molecule has 33 heavy (non-hydrogen) atoms. The number of aromatic nitrogens is 1. The largest absolute Gasteiger partial charge is 0.381 e. The lowest BCUT2D eigenvalue weighted by Crippen LogP contribution is -2.31. The summed E-state index contributed by atoms with van der Waals surface area (Å²) in [6.07, 6.45) is 0.396. The number of benzene rings is 1. The van der Waals surface area contributed by atoms with Gasteiger partial charge in [-0.3, -0.25) is 9.59 Å². The van der Waals surface area contributed by atoms with Gasteiger partial charge in [-0.25, -0.2) is 13.2 Å². The molecule has 5 rings (SSSR count). The van der Waals surface area contributed by atoms with Gasteiger partial charge < -0.3 is 20.1 Å². The maximum absolute atomic E-state index is 14.6. The third-order valence-electron chi connectivity index (χ3n) is 7.07. The highest BCUT2D eigenvalue weighted by Gasteiger charge is 2.55. The van der Waals surface area contributed by atoms with E-state index in [4.69, 9.17) is 0 Å². The number of alkyl halides is 2. The first-order chi connectivity index (χ1) is 15.7. The molecule has 0 unspecified atom stereocenters. The number of nitrogens with zero attached hydrogens (tertiary/aromatic N) is 2. The molecule has 3 fully saturated rings. The molecule has 9 heteroatoms. The SMILES string of the molecule is C[C@@H](NC(=O)c1cn(C2CC2)c(=O)cc1N[C@H]1[C@@H]2CN(C)C[C@@H]21)c1cccc(C(F)F)c1F. The zero-order valence-corrected chi connectivity index (χ0v) is 18.5. The average Bonchev–Trinajstić information content (AvgIpc) is 3.66. The van der Waals surface area contributed by atoms with Crippen molar-refractivity contribution in [3.63, 3.8) is 0 Å². The Morgan fingerprint density at radius 3 is 2.45 bits per heavy atom. The summed E-state index contributed by atoms with van der Waals surface area (Å²) in [7, 11) is 2.07. The number of rotatable bonds is 7. The van der Waals surface area contributed by atoms with Crippen LogP contribution in [0.25, 0.3) is 0 Å². The van der Waals surface area contributed by atoms with E-state index in [0.717, 1.165) is 32.0 Å². The van der Waals surface area contributed by atoms with Gasteiger partial charge in [0.05, 0.1) is 22.9 Å². The smallest absolute Gasteiger partial charge is 0.266 e. The highest BCUT2D eigenvalue weighted by atomic mass is 19.3. The van der Waals surface area contributed by atoms with Crippen LogP contribution in [0.15, 0.2) is 35.3 Å². The highest BCUT2D eigenvalue weighted by Crippen LogP contribution is 2.47. The third-order valence-corrected chi connectivity index (χ3v) is 7.07.